The van der Waals surface area contributed by atoms with Gasteiger partial charge in [0.05, 0.1) is 11.8 Å². The second kappa shape index (κ2) is 6.77. The number of nitrogens with one attached hydrogen (secondary N) is 1. The Morgan fingerprint density at radius 1 is 1.08 bits per heavy atom. The van der Waals surface area contributed by atoms with E-state index < -0.39 is 15.9 Å². The fourth-order valence-electron chi connectivity index (χ4n) is 3.16. The van der Waals surface area contributed by atoms with Gasteiger partial charge in [-0.2, -0.15) is 0 Å². The topological polar surface area (TPSA) is 63.2 Å². The Morgan fingerprint density at radius 2 is 1.79 bits per heavy atom. The summed E-state index contributed by atoms with van der Waals surface area (Å²) in [6, 6.07) is 14.4. The van der Waals surface area contributed by atoms with Crippen LogP contribution in [-0.4, -0.2) is 26.3 Å². The van der Waals surface area contributed by atoms with Crippen LogP contribution >= 0.6 is 0 Å². The van der Waals surface area contributed by atoms with E-state index in [9.17, 15) is 13.2 Å². The lowest BCUT2D eigenvalue weighted by molar-refractivity contribution is 0.0940. The maximum atomic E-state index is 12.6. The lowest BCUT2D eigenvalue weighted by atomic mass is 10.0. The number of aryl methyl sites for hydroxylation is 2. The van der Waals surface area contributed by atoms with Crippen molar-refractivity contribution in [1.82, 2.24) is 5.32 Å². The number of rotatable bonds is 5. The van der Waals surface area contributed by atoms with Gasteiger partial charge in [0, 0.05) is 11.8 Å². The van der Waals surface area contributed by atoms with Crippen LogP contribution in [0.3, 0.4) is 0 Å². The Labute approximate surface area is 142 Å². The minimum atomic E-state index is -3.22. The number of carbonyl (C=O) groups excluding carboxylic acids is 1. The molecule has 24 heavy (non-hydrogen) atoms. The molecule has 1 aliphatic carbocycles. The summed E-state index contributed by atoms with van der Waals surface area (Å²) in [6.45, 7) is 0. The minimum Gasteiger partial charge on any atom is -0.344 e. The number of amides is 1. The molecule has 0 spiro atoms. The van der Waals surface area contributed by atoms with Crippen LogP contribution in [0.5, 0.6) is 0 Å². The highest BCUT2D eigenvalue weighted by atomic mass is 32.2. The van der Waals surface area contributed by atoms with Crippen molar-refractivity contribution >= 4 is 15.7 Å². The number of hydrogen-bond donors (Lipinski definition) is 1. The van der Waals surface area contributed by atoms with Crippen molar-refractivity contribution in [2.75, 3.05) is 12.0 Å². The zero-order valence-electron chi connectivity index (χ0n) is 13.7. The highest BCUT2D eigenvalue weighted by molar-refractivity contribution is 7.90. The SMILES string of the molecule is CS(=O)(=O)C[C@H](NC(=O)c1ccc2c(c1)CCC2)c1ccccc1. The van der Waals surface area contributed by atoms with Crippen LogP contribution in [0.15, 0.2) is 48.5 Å². The Hall–Kier alpha value is -2.14. The fraction of sp³-hybridized carbons (Fsp3) is 0.316. The molecular formula is C19H21NO3S. The first kappa shape index (κ1) is 16.7. The van der Waals surface area contributed by atoms with E-state index in [0.29, 0.717) is 5.56 Å². The lowest BCUT2D eigenvalue weighted by Crippen LogP contribution is -2.33. The molecular weight excluding hydrogens is 322 g/mol. The summed E-state index contributed by atoms with van der Waals surface area (Å²) in [4.78, 5) is 12.6. The molecule has 0 saturated heterocycles. The van der Waals surface area contributed by atoms with Crippen molar-refractivity contribution in [3.8, 4) is 0 Å². The van der Waals surface area contributed by atoms with E-state index in [-0.39, 0.29) is 11.7 Å². The molecule has 5 heteroatoms. The Kier molecular flexibility index (Phi) is 4.71. The molecule has 4 nitrogen and oxygen atoms in total. The molecule has 0 bridgehead atoms. The van der Waals surface area contributed by atoms with Gasteiger partial charge < -0.3 is 5.32 Å². The largest absolute Gasteiger partial charge is 0.344 e. The number of benzene rings is 2. The van der Waals surface area contributed by atoms with Gasteiger partial charge in [-0.05, 0) is 48.1 Å². The number of carbonyl (C=O) groups is 1. The molecule has 0 aromatic heterocycles. The summed E-state index contributed by atoms with van der Waals surface area (Å²) < 4.78 is 23.5. The summed E-state index contributed by atoms with van der Waals surface area (Å²) in [5.41, 5.74) is 3.91. The normalized spacial score (nSPS) is 14.9. The maximum Gasteiger partial charge on any atom is 0.251 e. The standard InChI is InChI=1S/C19H21NO3S/c1-24(22,23)13-18(15-6-3-2-4-7-15)20-19(21)17-11-10-14-8-5-9-16(14)12-17/h2-4,6-7,10-12,18H,5,8-9,13H2,1H3,(H,20,21)/t18-/m0/s1. The Morgan fingerprint density at radius 3 is 2.50 bits per heavy atom. The first-order valence-electron chi connectivity index (χ1n) is 8.08. The molecule has 2 aromatic carbocycles. The van der Waals surface area contributed by atoms with Crippen molar-refractivity contribution in [1.29, 1.82) is 0 Å². The molecule has 126 valence electrons. The van der Waals surface area contributed by atoms with Gasteiger partial charge in [0.15, 0.2) is 0 Å². The number of hydrogen-bond acceptors (Lipinski definition) is 3. The molecule has 0 unspecified atom stereocenters. The molecule has 0 fully saturated rings. The minimum absolute atomic E-state index is 0.117. The highest BCUT2D eigenvalue weighted by Crippen LogP contribution is 2.23. The Balaban J connectivity index is 1.83. The molecule has 0 radical (unpaired) electrons. The van der Waals surface area contributed by atoms with Crippen LogP contribution in [0.25, 0.3) is 0 Å². The second-order valence-corrected chi connectivity index (χ2v) is 8.55. The Bertz CT molecular complexity index is 844. The van der Waals surface area contributed by atoms with Gasteiger partial charge in [0.1, 0.15) is 9.84 Å². The van der Waals surface area contributed by atoms with E-state index in [4.69, 9.17) is 0 Å². The summed E-state index contributed by atoms with van der Waals surface area (Å²) in [7, 11) is -3.22. The summed E-state index contributed by atoms with van der Waals surface area (Å²) in [5, 5.41) is 2.88. The molecule has 0 aliphatic heterocycles. The average Bonchev–Trinajstić information content (AvgIpc) is 3.01. The van der Waals surface area contributed by atoms with Crippen LogP contribution in [-0.2, 0) is 22.7 Å². The van der Waals surface area contributed by atoms with Crippen molar-refractivity contribution in [2.45, 2.75) is 25.3 Å². The third-order valence-corrected chi connectivity index (χ3v) is 5.28. The van der Waals surface area contributed by atoms with E-state index in [1.165, 1.54) is 17.4 Å². The van der Waals surface area contributed by atoms with Crippen LogP contribution in [0.1, 0.15) is 39.5 Å². The van der Waals surface area contributed by atoms with Crippen LogP contribution < -0.4 is 5.32 Å². The van der Waals surface area contributed by atoms with Crippen LogP contribution in [0.2, 0.25) is 0 Å². The summed E-state index contributed by atoms with van der Waals surface area (Å²) in [6.07, 6.45) is 4.38. The molecule has 0 heterocycles. The second-order valence-electron chi connectivity index (χ2n) is 6.37. The van der Waals surface area contributed by atoms with E-state index in [1.54, 1.807) is 0 Å². The van der Waals surface area contributed by atoms with Crippen molar-refractivity contribution in [3.63, 3.8) is 0 Å². The predicted octanol–water partition coefficient (Wildman–Crippen LogP) is 2.69. The predicted molar refractivity (Wildman–Crippen MR) is 94.8 cm³/mol. The summed E-state index contributed by atoms with van der Waals surface area (Å²) >= 11 is 0. The van der Waals surface area contributed by atoms with Gasteiger partial charge in [0.2, 0.25) is 0 Å². The highest BCUT2D eigenvalue weighted by Gasteiger charge is 2.21. The quantitative estimate of drug-likeness (QED) is 0.908. The number of sulfone groups is 1. The molecule has 3 rings (SSSR count). The van der Waals surface area contributed by atoms with Gasteiger partial charge in [0.25, 0.3) is 5.91 Å². The van der Waals surface area contributed by atoms with E-state index in [1.807, 2.05) is 48.5 Å². The molecule has 1 atom stereocenters. The lowest BCUT2D eigenvalue weighted by Gasteiger charge is -2.19. The van der Waals surface area contributed by atoms with Crippen molar-refractivity contribution in [2.24, 2.45) is 0 Å². The van der Waals surface area contributed by atoms with Crippen LogP contribution in [0, 0.1) is 0 Å². The molecule has 2 aromatic rings. The van der Waals surface area contributed by atoms with Gasteiger partial charge in [-0.15, -0.1) is 0 Å². The third kappa shape index (κ3) is 4.03. The van der Waals surface area contributed by atoms with Crippen molar-refractivity contribution in [3.05, 3.63) is 70.8 Å². The van der Waals surface area contributed by atoms with Crippen molar-refractivity contribution < 1.29 is 13.2 Å². The summed E-state index contributed by atoms with van der Waals surface area (Å²) in [5.74, 6) is -0.351. The van der Waals surface area contributed by atoms with E-state index in [2.05, 4.69) is 5.32 Å². The molecule has 0 saturated carbocycles. The molecule has 1 N–H and O–H groups in total. The zero-order valence-corrected chi connectivity index (χ0v) is 14.5. The van der Waals surface area contributed by atoms with Gasteiger partial charge >= 0.3 is 0 Å². The zero-order chi connectivity index (χ0) is 17.2. The van der Waals surface area contributed by atoms with E-state index in [0.717, 1.165) is 24.8 Å². The van der Waals surface area contributed by atoms with E-state index >= 15 is 0 Å². The van der Waals surface area contributed by atoms with Gasteiger partial charge in [-0.1, -0.05) is 36.4 Å². The van der Waals surface area contributed by atoms with Gasteiger partial charge in [-0.3, -0.25) is 4.79 Å². The number of fused-ring (bicyclic) bond motifs is 1. The molecule has 1 amide bonds. The maximum absolute atomic E-state index is 12.6. The monoisotopic (exact) mass is 343 g/mol. The smallest absolute Gasteiger partial charge is 0.251 e. The fourth-order valence-corrected chi connectivity index (χ4v) is 4.05. The first-order valence-corrected chi connectivity index (χ1v) is 10.1. The third-order valence-electron chi connectivity index (χ3n) is 4.34. The molecule has 1 aliphatic rings. The van der Waals surface area contributed by atoms with Crippen LogP contribution in [0.4, 0.5) is 0 Å². The van der Waals surface area contributed by atoms with Gasteiger partial charge in [-0.25, -0.2) is 8.42 Å². The first-order chi connectivity index (χ1) is 11.4. The average molecular weight is 343 g/mol.